The highest BCUT2D eigenvalue weighted by Crippen LogP contribution is 2.16. The molecule has 2 atom stereocenters. The van der Waals surface area contributed by atoms with Crippen LogP contribution in [-0.4, -0.2) is 49.5 Å². The lowest BCUT2D eigenvalue weighted by atomic mass is 10.1. The van der Waals surface area contributed by atoms with Crippen LogP contribution in [0.1, 0.15) is 13.3 Å². The van der Waals surface area contributed by atoms with Gasteiger partial charge in [0.15, 0.2) is 0 Å². The molecule has 12 heavy (non-hydrogen) atoms. The van der Waals surface area contributed by atoms with E-state index < -0.39 is 0 Å². The summed E-state index contributed by atoms with van der Waals surface area (Å²) in [5, 5.41) is 9.16. The van der Waals surface area contributed by atoms with E-state index in [2.05, 4.69) is 4.90 Å². The molecule has 0 bridgehead atoms. The quantitative estimate of drug-likeness (QED) is 0.665. The summed E-state index contributed by atoms with van der Waals surface area (Å²) in [4.78, 5) is 2.30. The molecule has 72 valence electrons. The Balaban J connectivity index is 2.16. The summed E-state index contributed by atoms with van der Waals surface area (Å²) in [7, 11) is 1.75. The third kappa shape index (κ3) is 3.09. The summed E-state index contributed by atoms with van der Waals surface area (Å²) in [6, 6.07) is 0. The van der Waals surface area contributed by atoms with Crippen molar-refractivity contribution in [2.24, 2.45) is 5.92 Å². The number of hydrogen-bond acceptors (Lipinski definition) is 3. The Hall–Kier alpha value is -0.120. The summed E-state index contributed by atoms with van der Waals surface area (Å²) in [6.45, 7) is 5.69. The minimum atomic E-state index is -0.203. The number of methoxy groups -OCH3 is 1. The van der Waals surface area contributed by atoms with Crippen molar-refractivity contribution in [2.45, 2.75) is 19.4 Å². The van der Waals surface area contributed by atoms with Crippen molar-refractivity contribution < 1.29 is 9.84 Å². The number of aliphatic hydroxyl groups excluding tert-OH is 1. The average molecular weight is 173 g/mol. The predicted molar refractivity (Wildman–Crippen MR) is 48.1 cm³/mol. The topological polar surface area (TPSA) is 32.7 Å². The average Bonchev–Trinajstić information content (AvgIpc) is 2.36. The highest BCUT2D eigenvalue weighted by molar-refractivity contribution is 4.76. The summed E-state index contributed by atoms with van der Waals surface area (Å²) in [6.07, 6.45) is 1.01. The van der Waals surface area contributed by atoms with Crippen molar-refractivity contribution in [3.8, 4) is 0 Å². The lowest BCUT2D eigenvalue weighted by Gasteiger charge is -2.17. The van der Waals surface area contributed by atoms with Gasteiger partial charge >= 0.3 is 0 Å². The zero-order valence-corrected chi connectivity index (χ0v) is 7.99. The molecular formula is C9H19NO2. The largest absolute Gasteiger partial charge is 0.392 e. The van der Waals surface area contributed by atoms with Gasteiger partial charge in [-0.1, -0.05) is 0 Å². The molecule has 0 radical (unpaired) electrons. The minimum absolute atomic E-state index is 0.203. The van der Waals surface area contributed by atoms with Gasteiger partial charge in [0.05, 0.1) is 12.7 Å². The number of nitrogens with zero attached hydrogens (tertiary/aromatic N) is 1. The molecule has 1 saturated heterocycles. The first-order valence-electron chi connectivity index (χ1n) is 4.61. The van der Waals surface area contributed by atoms with Crippen molar-refractivity contribution in [1.82, 2.24) is 4.90 Å². The highest BCUT2D eigenvalue weighted by Gasteiger charge is 2.22. The molecular weight excluding hydrogens is 154 g/mol. The molecule has 0 saturated carbocycles. The van der Waals surface area contributed by atoms with Crippen molar-refractivity contribution >= 4 is 0 Å². The number of rotatable bonds is 4. The SMILES string of the molecule is COCC1CCN(CC(C)O)C1. The maximum atomic E-state index is 9.16. The molecule has 1 aliphatic rings. The summed E-state index contributed by atoms with van der Waals surface area (Å²) < 4.78 is 5.09. The fourth-order valence-electron chi connectivity index (χ4n) is 1.82. The number of likely N-dealkylation sites (tertiary alicyclic amines) is 1. The lowest BCUT2D eigenvalue weighted by molar-refractivity contribution is 0.126. The van der Waals surface area contributed by atoms with E-state index in [-0.39, 0.29) is 6.10 Å². The number of ether oxygens (including phenoxy) is 1. The zero-order chi connectivity index (χ0) is 8.97. The van der Waals surface area contributed by atoms with Gasteiger partial charge in [0.25, 0.3) is 0 Å². The molecule has 0 aromatic rings. The lowest BCUT2D eigenvalue weighted by Crippen LogP contribution is -2.29. The van der Waals surface area contributed by atoms with Crippen molar-refractivity contribution in [3.05, 3.63) is 0 Å². The Morgan fingerprint density at radius 2 is 2.42 bits per heavy atom. The van der Waals surface area contributed by atoms with E-state index >= 15 is 0 Å². The van der Waals surface area contributed by atoms with Crippen molar-refractivity contribution in [1.29, 1.82) is 0 Å². The van der Waals surface area contributed by atoms with Gasteiger partial charge in [0, 0.05) is 20.2 Å². The van der Waals surface area contributed by atoms with Gasteiger partial charge in [-0.05, 0) is 25.8 Å². The summed E-state index contributed by atoms with van der Waals surface area (Å²) in [5.41, 5.74) is 0. The minimum Gasteiger partial charge on any atom is -0.392 e. The maximum absolute atomic E-state index is 9.16. The van der Waals surface area contributed by atoms with E-state index in [4.69, 9.17) is 9.84 Å². The normalized spacial score (nSPS) is 27.8. The molecule has 1 heterocycles. The van der Waals surface area contributed by atoms with Crippen LogP contribution in [0.25, 0.3) is 0 Å². The Kier molecular flexibility index (Phi) is 3.98. The molecule has 0 amide bonds. The molecule has 0 aliphatic carbocycles. The van der Waals surface area contributed by atoms with Crippen LogP contribution in [0, 0.1) is 5.92 Å². The Morgan fingerprint density at radius 1 is 1.67 bits per heavy atom. The fourth-order valence-corrected chi connectivity index (χ4v) is 1.82. The van der Waals surface area contributed by atoms with E-state index in [0.717, 1.165) is 26.2 Å². The first-order chi connectivity index (χ1) is 5.72. The van der Waals surface area contributed by atoms with Crippen LogP contribution < -0.4 is 0 Å². The van der Waals surface area contributed by atoms with Crippen LogP contribution in [0.15, 0.2) is 0 Å². The van der Waals surface area contributed by atoms with E-state index in [1.54, 1.807) is 7.11 Å². The van der Waals surface area contributed by atoms with Gasteiger partial charge in [-0.2, -0.15) is 0 Å². The third-order valence-corrected chi connectivity index (χ3v) is 2.29. The summed E-state index contributed by atoms with van der Waals surface area (Å²) in [5.74, 6) is 0.675. The van der Waals surface area contributed by atoms with Crippen LogP contribution in [0.3, 0.4) is 0 Å². The Labute approximate surface area is 74.3 Å². The van der Waals surface area contributed by atoms with Gasteiger partial charge in [-0.25, -0.2) is 0 Å². The zero-order valence-electron chi connectivity index (χ0n) is 7.99. The van der Waals surface area contributed by atoms with Gasteiger partial charge < -0.3 is 14.7 Å². The second-order valence-corrected chi connectivity index (χ2v) is 3.72. The number of aliphatic hydroxyl groups is 1. The van der Waals surface area contributed by atoms with Crippen LogP contribution in [0.5, 0.6) is 0 Å². The Bertz CT molecular complexity index is 128. The monoisotopic (exact) mass is 173 g/mol. The van der Waals surface area contributed by atoms with Crippen molar-refractivity contribution in [2.75, 3.05) is 33.4 Å². The van der Waals surface area contributed by atoms with Crippen LogP contribution in [0.4, 0.5) is 0 Å². The first-order valence-corrected chi connectivity index (χ1v) is 4.61. The van der Waals surface area contributed by atoms with E-state index in [1.165, 1.54) is 6.42 Å². The third-order valence-electron chi connectivity index (χ3n) is 2.29. The molecule has 0 aromatic carbocycles. The highest BCUT2D eigenvalue weighted by atomic mass is 16.5. The van der Waals surface area contributed by atoms with Gasteiger partial charge in [0.2, 0.25) is 0 Å². The summed E-state index contributed by atoms with van der Waals surface area (Å²) >= 11 is 0. The van der Waals surface area contributed by atoms with Gasteiger partial charge in [-0.15, -0.1) is 0 Å². The molecule has 3 heteroatoms. The van der Waals surface area contributed by atoms with Crippen LogP contribution in [0.2, 0.25) is 0 Å². The molecule has 0 aromatic heterocycles. The number of β-amino-alcohol motifs (C(OH)–C–C–N with tert-alkyl or cyclic N) is 1. The first kappa shape index (κ1) is 9.96. The molecule has 3 nitrogen and oxygen atoms in total. The fraction of sp³-hybridized carbons (Fsp3) is 1.00. The molecule has 0 spiro atoms. The molecule has 1 aliphatic heterocycles. The molecule has 1 fully saturated rings. The van der Waals surface area contributed by atoms with Gasteiger partial charge in [0.1, 0.15) is 0 Å². The van der Waals surface area contributed by atoms with Crippen molar-refractivity contribution in [3.63, 3.8) is 0 Å². The van der Waals surface area contributed by atoms with Crippen LogP contribution >= 0.6 is 0 Å². The molecule has 1 N–H and O–H groups in total. The van der Waals surface area contributed by atoms with E-state index in [9.17, 15) is 0 Å². The van der Waals surface area contributed by atoms with E-state index in [1.807, 2.05) is 6.92 Å². The smallest absolute Gasteiger partial charge is 0.0639 e. The second kappa shape index (κ2) is 4.80. The number of hydrogen-bond donors (Lipinski definition) is 1. The maximum Gasteiger partial charge on any atom is 0.0639 e. The molecule has 1 rings (SSSR count). The van der Waals surface area contributed by atoms with E-state index in [0.29, 0.717) is 5.92 Å². The molecule has 2 unspecified atom stereocenters. The van der Waals surface area contributed by atoms with Gasteiger partial charge in [-0.3, -0.25) is 0 Å². The standard InChI is InChI=1S/C9H19NO2/c1-8(11)5-10-4-3-9(6-10)7-12-2/h8-9,11H,3-7H2,1-2H3. The predicted octanol–water partition coefficient (Wildman–Crippen LogP) is 0.336. The Morgan fingerprint density at radius 3 is 3.00 bits per heavy atom. The second-order valence-electron chi connectivity index (χ2n) is 3.72. The van der Waals surface area contributed by atoms with Crippen LogP contribution in [-0.2, 0) is 4.74 Å².